The molecule has 25 heavy (non-hydrogen) atoms. The summed E-state index contributed by atoms with van der Waals surface area (Å²) < 4.78 is 19.9. The van der Waals surface area contributed by atoms with Crippen molar-refractivity contribution in [1.82, 2.24) is 9.80 Å². The lowest BCUT2D eigenvalue weighted by Gasteiger charge is -2.40. The Morgan fingerprint density at radius 1 is 1.32 bits per heavy atom. The van der Waals surface area contributed by atoms with Gasteiger partial charge in [-0.25, -0.2) is 9.18 Å². The van der Waals surface area contributed by atoms with Gasteiger partial charge in [-0.2, -0.15) is 0 Å². The quantitative estimate of drug-likeness (QED) is 0.617. The van der Waals surface area contributed by atoms with E-state index in [0.29, 0.717) is 24.1 Å². The first-order valence-electron chi connectivity index (χ1n) is 7.93. The molecule has 5 nitrogen and oxygen atoms in total. The number of nitrogens with zero attached hydrogens (tertiary/aromatic N) is 2. The van der Waals surface area contributed by atoms with Crippen LogP contribution in [-0.2, 0) is 4.74 Å². The van der Waals surface area contributed by atoms with Crippen LogP contribution in [0.4, 0.5) is 9.18 Å². The number of benzene rings is 1. The Morgan fingerprint density at radius 2 is 1.96 bits per heavy atom. The Labute approximate surface area is 160 Å². The molecule has 0 aliphatic carbocycles. The van der Waals surface area contributed by atoms with Gasteiger partial charge in [-0.05, 0) is 55.8 Å². The minimum atomic E-state index is -0.636. The number of hydrogen-bond donors (Lipinski definition) is 0. The Kier molecular flexibility index (Phi) is 5.99. The third-order valence-electron chi connectivity index (χ3n) is 3.78. The molecule has 0 aromatic heterocycles. The molecule has 1 aliphatic rings. The fraction of sp³-hybridized carbons (Fsp3) is 0.529. The molecule has 1 saturated heterocycles. The highest BCUT2D eigenvalue weighted by Crippen LogP contribution is 2.27. The average molecular weight is 436 g/mol. The molecule has 0 N–H and O–H groups in total. The number of ether oxygens (including phenoxy) is 1. The minimum Gasteiger partial charge on any atom is -0.444 e. The van der Waals surface area contributed by atoms with Crippen LogP contribution in [0.1, 0.15) is 38.1 Å². The summed E-state index contributed by atoms with van der Waals surface area (Å²) in [7, 11) is 0. The molecule has 1 aromatic rings. The van der Waals surface area contributed by atoms with Crippen molar-refractivity contribution in [1.29, 1.82) is 0 Å². The number of hydrogen-bond acceptors (Lipinski definition) is 3. The summed E-state index contributed by atoms with van der Waals surface area (Å²) in [6.07, 6.45) is -0.412. The summed E-state index contributed by atoms with van der Waals surface area (Å²) in [5.41, 5.74) is -0.660. The van der Waals surface area contributed by atoms with Crippen molar-refractivity contribution in [2.75, 3.05) is 19.6 Å². The van der Waals surface area contributed by atoms with E-state index < -0.39 is 23.4 Å². The molecule has 1 atom stereocenters. The number of piperazine rings is 1. The smallest absolute Gasteiger partial charge is 0.410 e. The van der Waals surface area contributed by atoms with E-state index >= 15 is 0 Å². The lowest BCUT2D eigenvalue weighted by molar-refractivity contribution is 0.00190. The van der Waals surface area contributed by atoms with E-state index in [0.717, 1.165) is 0 Å². The molecule has 2 amide bonds. The zero-order valence-corrected chi connectivity index (χ0v) is 16.9. The van der Waals surface area contributed by atoms with Gasteiger partial charge >= 0.3 is 6.09 Å². The van der Waals surface area contributed by atoms with E-state index in [4.69, 9.17) is 16.3 Å². The maximum atomic E-state index is 14.1. The summed E-state index contributed by atoms with van der Waals surface area (Å²) in [5, 5.41) is 0.269. The van der Waals surface area contributed by atoms with Crippen LogP contribution in [0.3, 0.4) is 0 Å². The monoisotopic (exact) mass is 434 g/mol. The lowest BCUT2D eigenvalue weighted by atomic mass is 10.1. The van der Waals surface area contributed by atoms with Crippen molar-refractivity contribution < 1.29 is 18.7 Å². The molecule has 2 rings (SSSR count). The minimum absolute atomic E-state index is 0.0777. The van der Waals surface area contributed by atoms with Gasteiger partial charge < -0.3 is 14.5 Å². The van der Waals surface area contributed by atoms with Crippen LogP contribution in [0.25, 0.3) is 0 Å². The van der Waals surface area contributed by atoms with Crippen LogP contribution in [0.2, 0.25) is 5.02 Å². The van der Waals surface area contributed by atoms with Gasteiger partial charge in [0.25, 0.3) is 5.91 Å². The zero-order chi connectivity index (χ0) is 18.9. The number of halogens is 3. The first-order valence-corrected chi connectivity index (χ1v) is 9.10. The third kappa shape index (κ3) is 4.85. The Morgan fingerprint density at radius 3 is 2.52 bits per heavy atom. The maximum absolute atomic E-state index is 14.1. The highest BCUT2D eigenvalue weighted by Gasteiger charge is 2.33. The van der Waals surface area contributed by atoms with Gasteiger partial charge in [0.2, 0.25) is 0 Å². The first-order chi connectivity index (χ1) is 11.5. The van der Waals surface area contributed by atoms with E-state index in [1.165, 1.54) is 17.0 Å². The topological polar surface area (TPSA) is 49.9 Å². The molecule has 0 spiro atoms. The Hall–Kier alpha value is -1.34. The largest absolute Gasteiger partial charge is 0.444 e. The number of carbonyl (C=O) groups excluding carboxylic acids is 2. The highest BCUT2D eigenvalue weighted by atomic mass is 79.9. The van der Waals surface area contributed by atoms with Crippen LogP contribution in [-0.4, -0.2) is 53.1 Å². The van der Waals surface area contributed by atoms with Crippen molar-refractivity contribution in [3.8, 4) is 0 Å². The molecule has 1 aromatic carbocycles. The molecule has 0 radical (unpaired) electrons. The van der Waals surface area contributed by atoms with Crippen molar-refractivity contribution in [3.05, 3.63) is 33.0 Å². The van der Waals surface area contributed by atoms with Gasteiger partial charge in [0.1, 0.15) is 11.4 Å². The summed E-state index contributed by atoms with van der Waals surface area (Å²) in [6, 6.07) is 2.26. The summed E-state index contributed by atoms with van der Waals surface area (Å²) in [4.78, 5) is 27.9. The fourth-order valence-electron chi connectivity index (χ4n) is 2.59. The van der Waals surface area contributed by atoms with Crippen molar-refractivity contribution in [2.24, 2.45) is 0 Å². The van der Waals surface area contributed by atoms with E-state index in [-0.39, 0.29) is 16.6 Å². The fourth-order valence-corrected chi connectivity index (χ4v) is 3.07. The molecule has 1 heterocycles. The number of carbonyl (C=O) groups is 2. The average Bonchev–Trinajstić information content (AvgIpc) is 2.48. The molecule has 0 saturated carbocycles. The van der Waals surface area contributed by atoms with Gasteiger partial charge in [0.15, 0.2) is 0 Å². The van der Waals surface area contributed by atoms with Crippen molar-refractivity contribution in [3.63, 3.8) is 0 Å². The molecule has 0 bridgehead atoms. The van der Waals surface area contributed by atoms with Gasteiger partial charge in [0.05, 0.1) is 10.6 Å². The Balaban J connectivity index is 2.09. The highest BCUT2D eigenvalue weighted by molar-refractivity contribution is 9.10. The molecule has 1 aliphatic heterocycles. The third-order valence-corrected chi connectivity index (χ3v) is 4.98. The predicted molar refractivity (Wildman–Crippen MR) is 97.4 cm³/mol. The van der Waals surface area contributed by atoms with Crippen molar-refractivity contribution >= 4 is 39.5 Å². The van der Waals surface area contributed by atoms with Gasteiger partial charge in [0, 0.05) is 30.1 Å². The molecule has 0 unspecified atom stereocenters. The molecular formula is C17H21BrClFN2O3. The van der Waals surface area contributed by atoms with E-state index in [1.54, 1.807) is 25.7 Å². The van der Waals surface area contributed by atoms with Crippen LogP contribution in [0, 0.1) is 5.82 Å². The molecule has 1 fully saturated rings. The van der Waals surface area contributed by atoms with E-state index in [9.17, 15) is 14.0 Å². The second kappa shape index (κ2) is 7.50. The van der Waals surface area contributed by atoms with Crippen molar-refractivity contribution in [2.45, 2.75) is 39.3 Å². The summed E-state index contributed by atoms with van der Waals surface area (Å²) in [6.45, 7) is 8.16. The second-order valence-electron chi connectivity index (χ2n) is 7.02. The van der Waals surface area contributed by atoms with Crippen LogP contribution < -0.4 is 0 Å². The van der Waals surface area contributed by atoms with Crippen LogP contribution in [0.5, 0.6) is 0 Å². The lowest BCUT2D eigenvalue weighted by Crippen LogP contribution is -2.56. The summed E-state index contributed by atoms with van der Waals surface area (Å²) >= 11 is 9.10. The van der Waals surface area contributed by atoms with Gasteiger partial charge in [-0.3, -0.25) is 4.79 Å². The summed E-state index contributed by atoms with van der Waals surface area (Å²) in [5.74, 6) is -1.08. The molecule has 8 heteroatoms. The van der Waals surface area contributed by atoms with E-state index in [2.05, 4.69) is 15.9 Å². The van der Waals surface area contributed by atoms with Crippen LogP contribution in [0.15, 0.2) is 16.6 Å². The molecule has 138 valence electrons. The second-order valence-corrected chi connectivity index (χ2v) is 8.28. The number of amides is 2. The van der Waals surface area contributed by atoms with E-state index in [1.807, 2.05) is 6.92 Å². The van der Waals surface area contributed by atoms with Gasteiger partial charge in [-0.1, -0.05) is 11.6 Å². The number of rotatable bonds is 1. The van der Waals surface area contributed by atoms with Gasteiger partial charge in [-0.15, -0.1) is 0 Å². The first kappa shape index (κ1) is 20.0. The van der Waals surface area contributed by atoms with Crippen LogP contribution >= 0.6 is 27.5 Å². The predicted octanol–water partition coefficient (Wildman–Crippen LogP) is 4.32. The zero-order valence-electron chi connectivity index (χ0n) is 14.6. The standard InChI is InChI=1S/C17H21BrClFN2O3/c1-10-9-21(5-6-22(10)16(24)25-17(2,3)4)15(23)11-7-13(19)12(18)8-14(11)20/h7-8,10H,5-6,9H2,1-4H3/t10-/m1/s1. The molecular weight excluding hydrogens is 415 g/mol. The SMILES string of the molecule is C[C@@H]1CN(C(=O)c2cc(Cl)c(Br)cc2F)CCN1C(=O)OC(C)(C)C. The normalized spacial score (nSPS) is 18.3. The maximum Gasteiger partial charge on any atom is 0.410 e. The Bertz CT molecular complexity index is 693.